The van der Waals surface area contributed by atoms with E-state index in [4.69, 9.17) is 12.2 Å². The maximum atomic E-state index is 5.09. The van der Waals surface area contributed by atoms with Crippen LogP contribution in [-0.2, 0) is 0 Å². The molecule has 3 rings (SSSR count). The lowest BCUT2D eigenvalue weighted by Gasteiger charge is -2.05. The fourth-order valence-electron chi connectivity index (χ4n) is 1.87. The molecule has 0 atom stereocenters. The van der Waals surface area contributed by atoms with Gasteiger partial charge >= 0.3 is 0 Å². The maximum Gasteiger partial charge on any atom is 0.122 e. The molecule has 0 aliphatic rings. The molecule has 17 heavy (non-hydrogen) atoms. The molecule has 0 aliphatic heterocycles. The van der Waals surface area contributed by atoms with Gasteiger partial charge in [-0.3, -0.25) is 9.97 Å². The van der Waals surface area contributed by atoms with Crippen LogP contribution in [-0.4, -0.2) is 15.0 Å². The summed E-state index contributed by atoms with van der Waals surface area (Å²) in [6.45, 7) is 0. The standard InChI is InChI=1S/C13H9N3S/c17-13-8-15-7-12(16-13)11-3-1-2-9-6-14-5-4-10(9)11/h1-8H,(H,16,17). The topological polar surface area (TPSA) is 41.6 Å². The number of hydrogen-bond donors (Lipinski definition) is 1. The Labute approximate surface area is 103 Å². The van der Waals surface area contributed by atoms with Crippen molar-refractivity contribution in [2.75, 3.05) is 0 Å². The average Bonchev–Trinajstić information content (AvgIpc) is 2.38. The lowest BCUT2D eigenvalue weighted by molar-refractivity contribution is 1.19. The fourth-order valence-corrected chi connectivity index (χ4v) is 2.04. The summed E-state index contributed by atoms with van der Waals surface area (Å²) >= 11 is 5.09. The van der Waals surface area contributed by atoms with E-state index in [2.05, 4.69) is 15.0 Å². The number of H-pyrrole nitrogens is 1. The van der Waals surface area contributed by atoms with Gasteiger partial charge in [0.05, 0.1) is 18.1 Å². The number of benzene rings is 1. The van der Waals surface area contributed by atoms with Crippen molar-refractivity contribution in [1.82, 2.24) is 15.0 Å². The highest BCUT2D eigenvalue weighted by Gasteiger charge is 2.03. The monoisotopic (exact) mass is 239 g/mol. The molecule has 4 heteroatoms. The van der Waals surface area contributed by atoms with Crippen LogP contribution in [0, 0.1) is 4.64 Å². The third kappa shape index (κ3) is 1.83. The number of fused-ring (bicyclic) bond motifs is 1. The molecule has 0 saturated heterocycles. The van der Waals surface area contributed by atoms with Crippen LogP contribution in [0.2, 0.25) is 0 Å². The number of pyridine rings is 1. The minimum atomic E-state index is 0.633. The Kier molecular flexibility index (Phi) is 2.42. The van der Waals surface area contributed by atoms with Crippen LogP contribution in [0.25, 0.3) is 22.0 Å². The van der Waals surface area contributed by atoms with E-state index in [9.17, 15) is 0 Å². The third-order valence-corrected chi connectivity index (χ3v) is 2.83. The summed E-state index contributed by atoms with van der Waals surface area (Å²) < 4.78 is 0.633. The number of aromatic amines is 1. The van der Waals surface area contributed by atoms with Crippen molar-refractivity contribution < 1.29 is 0 Å². The predicted molar refractivity (Wildman–Crippen MR) is 70.2 cm³/mol. The molecule has 1 aromatic carbocycles. The van der Waals surface area contributed by atoms with Crippen molar-refractivity contribution in [2.24, 2.45) is 0 Å². The first kappa shape index (κ1) is 10.1. The molecule has 0 spiro atoms. The largest absolute Gasteiger partial charge is 0.344 e. The summed E-state index contributed by atoms with van der Waals surface area (Å²) in [6.07, 6.45) is 7.05. The SMILES string of the molecule is S=c1cncc(-c2cccc3cnccc23)[nH]1. The summed E-state index contributed by atoms with van der Waals surface area (Å²) in [5, 5.41) is 2.24. The van der Waals surface area contributed by atoms with Gasteiger partial charge in [-0.2, -0.15) is 0 Å². The highest BCUT2D eigenvalue weighted by atomic mass is 32.1. The molecular formula is C13H9N3S. The van der Waals surface area contributed by atoms with Crippen molar-refractivity contribution in [3.63, 3.8) is 0 Å². The van der Waals surface area contributed by atoms with Gasteiger partial charge in [0.1, 0.15) is 4.64 Å². The molecule has 0 radical (unpaired) electrons. The van der Waals surface area contributed by atoms with Gasteiger partial charge in [-0.15, -0.1) is 0 Å². The predicted octanol–water partition coefficient (Wildman–Crippen LogP) is 3.35. The first-order chi connectivity index (χ1) is 8.34. The fraction of sp³-hybridized carbons (Fsp3) is 0. The molecule has 0 fully saturated rings. The lowest BCUT2D eigenvalue weighted by Crippen LogP contribution is -1.87. The molecule has 0 aliphatic carbocycles. The molecule has 3 aromatic rings. The quantitative estimate of drug-likeness (QED) is 0.662. The minimum absolute atomic E-state index is 0.633. The summed E-state index contributed by atoms with van der Waals surface area (Å²) in [7, 11) is 0. The highest BCUT2D eigenvalue weighted by Crippen LogP contribution is 2.25. The molecule has 82 valence electrons. The molecule has 1 N–H and O–H groups in total. The third-order valence-electron chi connectivity index (χ3n) is 2.62. The second kappa shape index (κ2) is 4.07. The van der Waals surface area contributed by atoms with E-state index >= 15 is 0 Å². The Bertz CT molecular complexity index is 728. The van der Waals surface area contributed by atoms with E-state index in [0.29, 0.717) is 4.64 Å². The van der Waals surface area contributed by atoms with Crippen molar-refractivity contribution in [2.45, 2.75) is 0 Å². The van der Waals surface area contributed by atoms with Crippen LogP contribution in [0.4, 0.5) is 0 Å². The van der Waals surface area contributed by atoms with Crippen LogP contribution in [0.3, 0.4) is 0 Å². The second-order valence-electron chi connectivity index (χ2n) is 3.71. The molecule has 2 aromatic heterocycles. The average molecular weight is 239 g/mol. The van der Waals surface area contributed by atoms with Crippen molar-refractivity contribution in [3.05, 3.63) is 53.7 Å². The number of hydrogen-bond acceptors (Lipinski definition) is 3. The van der Waals surface area contributed by atoms with Gasteiger partial charge in [0.25, 0.3) is 0 Å². The van der Waals surface area contributed by atoms with E-state index in [1.54, 1.807) is 18.6 Å². The van der Waals surface area contributed by atoms with Crippen LogP contribution in [0.5, 0.6) is 0 Å². The molecule has 3 nitrogen and oxygen atoms in total. The summed E-state index contributed by atoms with van der Waals surface area (Å²) in [5.74, 6) is 0. The van der Waals surface area contributed by atoms with Crippen molar-refractivity contribution in [3.8, 4) is 11.3 Å². The lowest BCUT2D eigenvalue weighted by atomic mass is 10.0. The zero-order chi connectivity index (χ0) is 11.7. The van der Waals surface area contributed by atoms with Gasteiger partial charge < -0.3 is 4.98 Å². The van der Waals surface area contributed by atoms with Crippen LogP contribution in [0.1, 0.15) is 0 Å². The van der Waals surface area contributed by atoms with E-state index < -0.39 is 0 Å². The van der Waals surface area contributed by atoms with Crippen LogP contribution >= 0.6 is 12.2 Å². The number of aromatic nitrogens is 3. The molecule has 0 saturated carbocycles. The number of rotatable bonds is 1. The Morgan fingerprint density at radius 1 is 1.00 bits per heavy atom. The number of nitrogens with one attached hydrogen (secondary N) is 1. The van der Waals surface area contributed by atoms with Gasteiger partial charge in [-0.05, 0) is 11.5 Å². The molecule has 0 amide bonds. The Morgan fingerprint density at radius 2 is 1.94 bits per heavy atom. The second-order valence-corrected chi connectivity index (χ2v) is 4.15. The normalized spacial score (nSPS) is 10.6. The van der Waals surface area contributed by atoms with Crippen LogP contribution in [0.15, 0.2) is 49.1 Å². The Balaban J connectivity index is 2.34. The van der Waals surface area contributed by atoms with E-state index in [1.807, 2.05) is 30.5 Å². The zero-order valence-electron chi connectivity index (χ0n) is 8.92. The van der Waals surface area contributed by atoms with Crippen LogP contribution < -0.4 is 0 Å². The van der Waals surface area contributed by atoms with Crippen molar-refractivity contribution in [1.29, 1.82) is 0 Å². The minimum Gasteiger partial charge on any atom is -0.344 e. The van der Waals surface area contributed by atoms with Gasteiger partial charge in [-0.1, -0.05) is 30.4 Å². The van der Waals surface area contributed by atoms with E-state index in [1.165, 1.54) is 0 Å². The van der Waals surface area contributed by atoms with Gasteiger partial charge in [0, 0.05) is 23.3 Å². The summed E-state index contributed by atoms with van der Waals surface area (Å²) in [6, 6.07) is 8.08. The van der Waals surface area contributed by atoms with Crippen molar-refractivity contribution >= 4 is 23.0 Å². The molecule has 0 bridgehead atoms. The Hall–Kier alpha value is -2.07. The smallest absolute Gasteiger partial charge is 0.122 e. The Morgan fingerprint density at radius 3 is 2.82 bits per heavy atom. The molecule has 2 heterocycles. The highest BCUT2D eigenvalue weighted by molar-refractivity contribution is 7.71. The van der Waals surface area contributed by atoms with Gasteiger partial charge in [-0.25, -0.2) is 0 Å². The first-order valence-corrected chi connectivity index (χ1v) is 5.63. The summed E-state index contributed by atoms with van der Waals surface area (Å²) in [4.78, 5) is 11.4. The maximum absolute atomic E-state index is 5.09. The van der Waals surface area contributed by atoms with Gasteiger partial charge in [0.2, 0.25) is 0 Å². The number of nitrogens with zero attached hydrogens (tertiary/aromatic N) is 2. The molecule has 0 unspecified atom stereocenters. The van der Waals surface area contributed by atoms with Gasteiger partial charge in [0.15, 0.2) is 0 Å². The molecular weight excluding hydrogens is 230 g/mol. The van der Waals surface area contributed by atoms with E-state index in [-0.39, 0.29) is 0 Å². The first-order valence-electron chi connectivity index (χ1n) is 5.22. The summed E-state index contributed by atoms with van der Waals surface area (Å²) in [5.41, 5.74) is 2.01. The zero-order valence-corrected chi connectivity index (χ0v) is 9.74. The van der Waals surface area contributed by atoms with E-state index in [0.717, 1.165) is 22.0 Å².